The van der Waals surface area contributed by atoms with Crippen molar-refractivity contribution < 1.29 is 0 Å². The lowest BCUT2D eigenvalue weighted by atomic mass is 9.96. The zero-order valence-corrected chi connectivity index (χ0v) is 12.2. The van der Waals surface area contributed by atoms with E-state index in [4.69, 9.17) is 28.9 Å². The third kappa shape index (κ3) is 3.47. The summed E-state index contributed by atoms with van der Waals surface area (Å²) in [6.45, 7) is 2.10. The summed E-state index contributed by atoms with van der Waals surface area (Å²) < 4.78 is 0. The van der Waals surface area contributed by atoms with E-state index in [0.29, 0.717) is 16.5 Å². The summed E-state index contributed by atoms with van der Waals surface area (Å²) in [5.41, 5.74) is 9.61. The molecular weight excluding hydrogens is 279 g/mol. The van der Waals surface area contributed by atoms with Crippen molar-refractivity contribution in [1.29, 1.82) is 0 Å². The van der Waals surface area contributed by atoms with E-state index < -0.39 is 0 Å². The van der Waals surface area contributed by atoms with Gasteiger partial charge in [0, 0.05) is 28.5 Å². The lowest BCUT2D eigenvalue weighted by Gasteiger charge is -2.16. The highest BCUT2D eigenvalue weighted by Crippen LogP contribution is 2.26. The first-order valence-corrected chi connectivity index (χ1v) is 6.99. The van der Waals surface area contributed by atoms with Crippen molar-refractivity contribution in [1.82, 2.24) is 4.98 Å². The Hall–Kier alpha value is -1.09. The molecule has 0 aliphatic rings. The fourth-order valence-electron chi connectivity index (χ4n) is 2.13. The molecule has 1 atom stereocenters. The van der Waals surface area contributed by atoms with Gasteiger partial charge in [-0.25, -0.2) is 0 Å². The number of pyridine rings is 1. The molecule has 0 saturated carbocycles. The van der Waals surface area contributed by atoms with Crippen molar-refractivity contribution in [2.45, 2.75) is 25.8 Å². The first-order valence-electron chi connectivity index (χ1n) is 6.24. The third-order valence-electron chi connectivity index (χ3n) is 3.18. The van der Waals surface area contributed by atoms with Gasteiger partial charge in [-0.05, 0) is 47.7 Å². The zero-order chi connectivity index (χ0) is 13.8. The fraction of sp³-hybridized carbons (Fsp3) is 0.267. The monoisotopic (exact) mass is 294 g/mol. The maximum atomic E-state index is 6.29. The number of nitrogens with two attached hydrogens (primary N) is 1. The molecule has 2 aromatic rings. The van der Waals surface area contributed by atoms with Crippen molar-refractivity contribution in [3.05, 3.63) is 63.4 Å². The van der Waals surface area contributed by atoms with Crippen molar-refractivity contribution in [2.75, 3.05) is 0 Å². The average molecular weight is 295 g/mol. The number of aryl methyl sites for hydroxylation is 1. The van der Waals surface area contributed by atoms with E-state index in [9.17, 15) is 0 Å². The van der Waals surface area contributed by atoms with Crippen LogP contribution in [0.3, 0.4) is 0 Å². The van der Waals surface area contributed by atoms with Crippen molar-refractivity contribution in [2.24, 2.45) is 5.73 Å². The van der Waals surface area contributed by atoms with Crippen LogP contribution in [0, 0.1) is 0 Å². The Kier molecular flexibility index (Phi) is 4.81. The molecule has 2 rings (SSSR count). The van der Waals surface area contributed by atoms with Gasteiger partial charge in [-0.1, -0.05) is 36.2 Å². The summed E-state index contributed by atoms with van der Waals surface area (Å²) >= 11 is 12.1. The molecule has 0 aliphatic heterocycles. The Morgan fingerprint density at radius 3 is 2.68 bits per heavy atom. The normalized spacial score (nSPS) is 12.4. The SMILES string of the molecule is CCc1cnccc1C(N)Cc1ccc(Cl)cc1Cl. The van der Waals surface area contributed by atoms with Crippen molar-refractivity contribution >= 4 is 23.2 Å². The molecule has 1 heterocycles. The van der Waals surface area contributed by atoms with Crippen LogP contribution in [0.15, 0.2) is 36.7 Å². The molecule has 1 unspecified atom stereocenters. The summed E-state index contributed by atoms with van der Waals surface area (Å²) in [5, 5.41) is 1.30. The topological polar surface area (TPSA) is 38.9 Å². The van der Waals surface area contributed by atoms with E-state index in [2.05, 4.69) is 11.9 Å². The number of nitrogens with zero attached hydrogens (tertiary/aromatic N) is 1. The minimum Gasteiger partial charge on any atom is -0.324 e. The van der Waals surface area contributed by atoms with E-state index in [-0.39, 0.29) is 6.04 Å². The van der Waals surface area contributed by atoms with E-state index in [1.807, 2.05) is 24.4 Å². The van der Waals surface area contributed by atoms with Crippen LogP contribution in [0.4, 0.5) is 0 Å². The maximum absolute atomic E-state index is 6.29. The Bertz CT molecular complexity index is 570. The van der Waals surface area contributed by atoms with Gasteiger partial charge in [0.25, 0.3) is 0 Å². The van der Waals surface area contributed by atoms with Crippen LogP contribution < -0.4 is 5.73 Å². The predicted octanol–water partition coefficient (Wildman–Crippen LogP) is 4.19. The summed E-state index contributed by atoms with van der Waals surface area (Å²) in [6.07, 6.45) is 5.26. The second-order valence-corrected chi connectivity index (χ2v) is 5.32. The highest BCUT2D eigenvalue weighted by molar-refractivity contribution is 6.35. The van der Waals surface area contributed by atoms with Crippen molar-refractivity contribution in [3.63, 3.8) is 0 Å². The first kappa shape index (κ1) is 14.3. The minimum absolute atomic E-state index is 0.0865. The third-order valence-corrected chi connectivity index (χ3v) is 3.76. The second kappa shape index (κ2) is 6.38. The average Bonchev–Trinajstić information content (AvgIpc) is 2.41. The summed E-state index contributed by atoms with van der Waals surface area (Å²) in [7, 11) is 0. The molecule has 0 bridgehead atoms. The Morgan fingerprint density at radius 1 is 1.21 bits per heavy atom. The predicted molar refractivity (Wildman–Crippen MR) is 80.7 cm³/mol. The molecule has 0 radical (unpaired) electrons. The molecule has 2 nitrogen and oxygen atoms in total. The van der Waals surface area contributed by atoms with Crippen LogP contribution in [0.25, 0.3) is 0 Å². The van der Waals surface area contributed by atoms with Gasteiger partial charge in [-0.3, -0.25) is 4.98 Å². The number of benzene rings is 1. The number of rotatable bonds is 4. The van der Waals surface area contributed by atoms with E-state index >= 15 is 0 Å². The van der Waals surface area contributed by atoms with Crippen LogP contribution in [-0.4, -0.2) is 4.98 Å². The molecule has 0 saturated heterocycles. The standard InChI is InChI=1S/C15H16Cl2N2/c1-2-10-9-19-6-5-13(10)15(18)7-11-3-4-12(16)8-14(11)17/h3-6,8-9,15H,2,7,18H2,1H3. The van der Waals surface area contributed by atoms with Crippen LogP contribution in [0.1, 0.15) is 29.7 Å². The minimum atomic E-state index is -0.0865. The molecule has 0 fully saturated rings. The fourth-order valence-corrected chi connectivity index (χ4v) is 2.61. The molecule has 19 heavy (non-hydrogen) atoms. The van der Waals surface area contributed by atoms with Gasteiger partial charge >= 0.3 is 0 Å². The highest BCUT2D eigenvalue weighted by atomic mass is 35.5. The number of hydrogen-bond donors (Lipinski definition) is 1. The lowest BCUT2D eigenvalue weighted by molar-refractivity contribution is 0.710. The summed E-state index contributed by atoms with van der Waals surface area (Å²) in [5.74, 6) is 0. The molecular formula is C15H16Cl2N2. The van der Waals surface area contributed by atoms with Crippen molar-refractivity contribution in [3.8, 4) is 0 Å². The summed E-state index contributed by atoms with van der Waals surface area (Å²) in [6, 6.07) is 7.41. The highest BCUT2D eigenvalue weighted by Gasteiger charge is 2.12. The molecule has 4 heteroatoms. The second-order valence-electron chi connectivity index (χ2n) is 4.47. The van der Waals surface area contributed by atoms with Gasteiger partial charge in [-0.2, -0.15) is 0 Å². The lowest BCUT2D eigenvalue weighted by Crippen LogP contribution is -2.15. The van der Waals surface area contributed by atoms with Gasteiger partial charge in [-0.15, -0.1) is 0 Å². The number of halogens is 2. The molecule has 0 aliphatic carbocycles. The zero-order valence-electron chi connectivity index (χ0n) is 10.7. The van der Waals surface area contributed by atoms with Crippen LogP contribution >= 0.6 is 23.2 Å². The smallest absolute Gasteiger partial charge is 0.0453 e. The van der Waals surface area contributed by atoms with Crippen LogP contribution in [-0.2, 0) is 12.8 Å². The molecule has 0 spiro atoms. The van der Waals surface area contributed by atoms with Gasteiger partial charge in [0.15, 0.2) is 0 Å². The largest absolute Gasteiger partial charge is 0.324 e. The Morgan fingerprint density at radius 2 is 2.00 bits per heavy atom. The van der Waals surface area contributed by atoms with Crippen LogP contribution in [0.5, 0.6) is 0 Å². The molecule has 100 valence electrons. The molecule has 1 aromatic heterocycles. The van der Waals surface area contributed by atoms with Gasteiger partial charge < -0.3 is 5.73 Å². The number of hydrogen-bond acceptors (Lipinski definition) is 2. The van der Waals surface area contributed by atoms with E-state index in [1.165, 1.54) is 5.56 Å². The quantitative estimate of drug-likeness (QED) is 0.918. The Balaban J connectivity index is 2.23. The van der Waals surface area contributed by atoms with Gasteiger partial charge in [0.1, 0.15) is 0 Å². The maximum Gasteiger partial charge on any atom is 0.0453 e. The van der Waals surface area contributed by atoms with Gasteiger partial charge in [0.2, 0.25) is 0 Å². The van der Waals surface area contributed by atoms with E-state index in [0.717, 1.165) is 17.5 Å². The first-order chi connectivity index (χ1) is 9.11. The Labute approximate surface area is 123 Å². The molecule has 0 amide bonds. The molecule has 1 aromatic carbocycles. The van der Waals surface area contributed by atoms with Crippen LogP contribution in [0.2, 0.25) is 10.0 Å². The summed E-state index contributed by atoms with van der Waals surface area (Å²) in [4.78, 5) is 4.14. The van der Waals surface area contributed by atoms with Gasteiger partial charge in [0.05, 0.1) is 0 Å². The van der Waals surface area contributed by atoms with E-state index in [1.54, 1.807) is 12.3 Å². The molecule has 2 N–H and O–H groups in total. The number of aromatic nitrogens is 1.